The molecule has 1 atom stereocenters. The minimum absolute atomic E-state index is 0.0427. The predicted octanol–water partition coefficient (Wildman–Crippen LogP) is 3.68. The lowest BCUT2D eigenvalue weighted by Gasteiger charge is -2.31. The van der Waals surface area contributed by atoms with Crippen LogP contribution in [0, 0.1) is 13.8 Å². The van der Waals surface area contributed by atoms with E-state index in [0.717, 1.165) is 34.5 Å². The van der Waals surface area contributed by atoms with Crippen LogP contribution < -0.4 is 14.8 Å². The van der Waals surface area contributed by atoms with E-state index in [-0.39, 0.29) is 5.54 Å². The molecule has 0 aliphatic carbocycles. The van der Waals surface area contributed by atoms with Crippen molar-refractivity contribution in [3.05, 3.63) is 21.2 Å². The summed E-state index contributed by atoms with van der Waals surface area (Å²) in [5.74, 6) is 1.68. The molecule has 3 nitrogen and oxygen atoms in total. The van der Waals surface area contributed by atoms with Crippen molar-refractivity contribution in [3.8, 4) is 11.5 Å². The fourth-order valence-corrected chi connectivity index (χ4v) is 3.54. The average Bonchev–Trinajstić information content (AvgIpc) is 2.83. The molecule has 1 heterocycles. The number of benzene rings is 1. The maximum atomic E-state index is 5.68. The molecule has 1 aliphatic heterocycles. The second-order valence-electron chi connectivity index (χ2n) is 5.37. The second-order valence-corrected chi connectivity index (χ2v) is 6.16. The topological polar surface area (TPSA) is 30.5 Å². The van der Waals surface area contributed by atoms with Gasteiger partial charge in [0.25, 0.3) is 0 Å². The fraction of sp³-hybridized carbons (Fsp3) is 0.600. The van der Waals surface area contributed by atoms with Crippen molar-refractivity contribution in [2.24, 2.45) is 0 Å². The van der Waals surface area contributed by atoms with Gasteiger partial charge in [0.1, 0.15) is 0 Å². The lowest BCUT2D eigenvalue weighted by Crippen LogP contribution is -2.34. The van der Waals surface area contributed by atoms with E-state index in [1.54, 1.807) is 14.2 Å². The Morgan fingerprint density at radius 2 is 1.74 bits per heavy atom. The Balaban J connectivity index is 2.74. The van der Waals surface area contributed by atoms with Crippen LogP contribution in [-0.2, 0) is 5.54 Å². The van der Waals surface area contributed by atoms with E-state index in [9.17, 15) is 0 Å². The van der Waals surface area contributed by atoms with E-state index in [2.05, 4.69) is 35.1 Å². The van der Waals surface area contributed by atoms with Gasteiger partial charge in [-0.05, 0) is 45.7 Å². The third-order valence-electron chi connectivity index (χ3n) is 4.14. The highest BCUT2D eigenvalue weighted by atomic mass is 79.9. The van der Waals surface area contributed by atoms with Crippen LogP contribution >= 0.6 is 15.9 Å². The Hall–Kier alpha value is -0.740. The van der Waals surface area contributed by atoms with E-state index in [4.69, 9.17) is 9.47 Å². The summed E-state index contributed by atoms with van der Waals surface area (Å²) < 4.78 is 12.3. The molecule has 1 N–H and O–H groups in total. The standard InChI is InChI=1S/C15H22BrNO2/c1-9-11(15(3)7-6-8-17-15)14(19-5)13(18-4)10(2)12(9)16/h17H,6-8H2,1-5H3. The maximum Gasteiger partial charge on any atom is 0.166 e. The van der Waals surface area contributed by atoms with Gasteiger partial charge in [-0.1, -0.05) is 15.9 Å². The smallest absolute Gasteiger partial charge is 0.166 e. The Kier molecular flexibility index (Phi) is 4.11. The first-order valence-corrected chi connectivity index (χ1v) is 7.41. The fourth-order valence-electron chi connectivity index (χ4n) is 3.16. The second kappa shape index (κ2) is 5.33. The minimum Gasteiger partial charge on any atom is -0.493 e. The quantitative estimate of drug-likeness (QED) is 0.918. The van der Waals surface area contributed by atoms with Gasteiger partial charge in [0.15, 0.2) is 11.5 Å². The van der Waals surface area contributed by atoms with Crippen LogP contribution in [0.3, 0.4) is 0 Å². The SMILES string of the molecule is COc1c(C)c(Br)c(C)c(C2(C)CCCN2)c1OC. The first-order chi connectivity index (χ1) is 8.96. The van der Waals surface area contributed by atoms with Crippen molar-refractivity contribution in [2.45, 2.75) is 39.2 Å². The van der Waals surface area contributed by atoms with Crippen LogP contribution in [0.2, 0.25) is 0 Å². The number of hydrogen-bond acceptors (Lipinski definition) is 3. The van der Waals surface area contributed by atoms with Crippen molar-refractivity contribution in [1.82, 2.24) is 5.32 Å². The van der Waals surface area contributed by atoms with E-state index in [1.165, 1.54) is 17.5 Å². The summed E-state index contributed by atoms with van der Waals surface area (Å²) in [6.45, 7) is 7.48. The largest absolute Gasteiger partial charge is 0.493 e. The van der Waals surface area contributed by atoms with Gasteiger partial charge in [-0.25, -0.2) is 0 Å². The monoisotopic (exact) mass is 327 g/mol. The summed E-state index contributed by atoms with van der Waals surface area (Å²) in [7, 11) is 3.41. The minimum atomic E-state index is -0.0427. The molecule has 1 fully saturated rings. The Labute approximate surface area is 123 Å². The molecule has 0 saturated carbocycles. The first kappa shape index (κ1) is 14.7. The van der Waals surface area contributed by atoms with E-state index in [0.29, 0.717) is 0 Å². The molecule has 1 unspecified atom stereocenters. The molecule has 1 aromatic rings. The van der Waals surface area contributed by atoms with Gasteiger partial charge in [-0.15, -0.1) is 0 Å². The third kappa shape index (κ3) is 2.25. The van der Waals surface area contributed by atoms with Gasteiger partial charge in [0, 0.05) is 21.1 Å². The number of ether oxygens (including phenoxy) is 2. The van der Waals surface area contributed by atoms with Crippen molar-refractivity contribution >= 4 is 15.9 Å². The lowest BCUT2D eigenvalue weighted by atomic mass is 9.85. The predicted molar refractivity (Wildman–Crippen MR) is 81.3 cm³/mol. The molecule has 0 bridgehead atoms. The first-order valence-electron chi connectivity index (χ1n) is 6.62. The van der Waals surface area contributed by atoms with Gasteiger partial charge in [0.2, 0.25) is 0 Å². The Morgan fingerprint density at radius 3 is 2.21 bits per heavy atom. The molecular weight excluding hydrogens is 306 g/mol. The van der Waals surface area contributed by atoms with Gasteiger partial charge < -0.3 is 14.8 Å². The summed E-state index contributed by atoms with van der Waals surface area (Å²) in [5, 5.41) is 3.61. The molecule has 19 heavy (non-hydrogen) atoms. The highest BCUT2D eigenvalue weighted by Crippen LogP contribution is 2.48. The number of rotatable bonds is 3. The summed E-state index contributed by atoms with van der Waals surface area (Å²) >= 11 is 3.69. The van der Waals surface area contributed by atoms with Crippen LogP contribution in [0.25, 0.3) is 0 Å². The molecular formula is C15H22BrNO2. The van der Waals surface area contributed by atoms with Gasteiger partial charge in [-0.2, -0.15) is 0 Å². The van der Waals surface area contributed by atoms with Gasteiger partial charge in [-0.3, -0.25) is 0 Å². The number of hydrogen-bond donors (Lipinski definition) is 1. The highest BCUT2D eigenvalue weighted by molar-refractivity contribution is 9.10. The molecule has 1 aliphatic rings. The van der Waals surface area contributed by atoms with Crippen LogP contribution in [0.4, 0.5) is 0 Å². The Bertz CT molecular complexity index is 494. The van der Waals surface area contributed by atoms with Crippen molar-refractivity contribution in [2.75, 3.05) is 20.8 Å². The van der Waals surface area contributed by atoms with Crippen LogP contribution in [0.1, 0.15) is 36.5 Å². The normalized spacial score (nSPS) is 22.6. The molecule has 4 heteroatoms. The van der Waals surface area contributed by atoms with Crippen LogP contribution in [-0.4, -0.2) is 20.8 Å². The molecule has 0 amide bonds. The molecule has 1 aromatic carbocycles. The zero-order valence-electron chi connectivity index (χ0n) is 12.3. The molecule has 106 valence electrons. The zero-order chi connectivity index (χ0) is 14.2. The average molecular weight is 328 g/mol. The molecule has 0 radical (unpaired) electrons. The van der Waals surface area contributed by atoms with Crippen LogP contribution in [0.5, 0.6) is 11.5 Å². The zero-order valence-corrected chi connectivity index (χ0v) is 13.9. The molecule has 2 rings (SSSR count). The lowest BCUT2D eigenvalue weighted by molar-refractivity contribution is 0.330. The van der Waals surface area contributed by atoms with Gasteiger partial charge >= 0.3 is 0 Å². The van der Waals surface area contributed by atoms with Crippen molar-refractivity contribution < 1.29 is 9.47 Å². The van der Waals surface area contributed by atoms with Crippen LogP contribution in [0.15, 0.2) is 4.47 Å². The Morgan fingerprint density at radius 1 is 1.11 bits per heavy atom. The molecule has 0 spiro atoms. The number of methoxy groups -OCH3 is 2. The summed E-state index contributed by atoms with van der Waals surface area (Å²) in [5.41, 5.74) is 3.48. The number of halogens is 1. The van der Waals surface area contributed by atoms with Gasteiger partial charge in [0.05, 0.1) is 14.2 Å². The summed E-state index contributed by atoms with van der Waals surface area (Å²) in [4.78, 5) is 0. The summed E-state index contributed by atoms with van der Waals surface area (Å²) in [6, 6.07) is 0. The van der Waals surface area contributed by atoms with Crippen molar-refractivity contribution in [1.29, 1.82) is 0 Å². The molecule has 1 saturated heterocycles. The van der Waals surface area contributed by atoms with E-state index < -0.39 is 0 Å². The van der Waals surface area contributed by atoms with Crippen molar-refractivity contribution in [3.63, 3.8) is 0 Å². The van der Waals surface area contributed by atoms with E-state index >= 15 is 0 Å². The highest BCUT2D eigenvalue weighted by Gasteiger charge is 2.36. The maximum absolute atomic E-state index is 5.68. The third-order valence-corrected chi connectivity index (χ3v) is 5.33. The molecule has 0 aromatic heterocycles. The summed E-state index contributed by atoms with van der Waals surface area (Å²) in [6.07, 6.45) is 2.30. The number of nitrogens with one attached hydrogen (secondary N) is 1. The van der Waals surface area contributed by atoms with E-state index in [1.807, 2.05) is 6.92 Å².